The van der Waals surface area contributed by atoms with Crippen LogP contribution >= 0.6 is 0 Å². The van der Waals surface area contributed by atoms with Crippen molar-refractivity contribution >= 4 is 28.1 Å². The van der Waals surface area contributed by atoms with Gasteiger partial charge in [0.25, 0.3) is 0 Å². The minimum absolute atomic E-state index is 0.534. The largest absolute Gasteiger partial charge is 0.398 e. The maximum absolute atomic E-state index is 7.22. The van der Waals surface area contributed by atoms with Crippen molar-refractivity contribution in [1.82, 2.24) is 0 Å². The number of nitrogens with two attached hydrogens (primary N) is 2. The van der Waals surface area contributed by atoms with Crippen LogP contribution in [0.5, 0.6) is 0 Å². The number of hydrogen-bond donors (Lipinski definition) is 2. The maximum atomic E-state index is 7.22. The van der Waals surface area contributed by atoms with Gasteiger partial charge in [-0.3, -0.25) is 0 Å². The van der Waals surface area contributed by atoms with E-state index in [1.165, 1.54) is 21.4 Å². The average Bonchev–Trinajstić information content (AvgIpc) is 2.75. The summed E-state index contributed by atoms with van der Waals surface area (Å²) in [6.45, 7) is 0. The summed E-state index contributed by atoms with van der Waals surface area (Å²) in [4.78, 5) is 0. The molecular weight excluding hydrogens is 352 g/mol. The first kappa shape index (κ1) is 17.7. The predicted octanol–water partition coefficient (Wildman–Crippen LogP) is 3.75. The van der Waals surface area contributed by atoms with Crippen LogP contribution in [0.2, 0.25) is 0 Å². The molecule has 1 unspecified atom stereocenters. The summed E-state index contributed by atoms with van der Waals surface area (Å²) in [6.07, 6.45) is 3.80. The van der Waals surface area contributed by atoms with E-state index in [9.17, 15) is 0 Å². The number of rotatable bonds is 3. The van der Waals surface area contributed by atoms with Gasteiger partial charge in [0.05, 0.1) is 0 Å². The zero-order chi connectivity index (χ0) is 19.8. The number of nitrogen functional groups attached to an aromatic ring is 1. The fourth-order valence-electron chi connectivity index (χ4n) is 4.64. The topological polar surface area (TPSA) is 52.0 Å². The van der Waals surface area contributed by atoms with Crippen molar-refractivity contribution in [3.8, 4) is 0 Å². The molecule has 0 aliphatic heterocycles. The van der Waals surface area contributed by atoms with E-state index < -0.39 is 5.54 Å². The molecule has 0 aromatic heterocycles. The van der Waals surface area contributed by atoms with Gasteiger partial charge >= 0.3 is 0 Å². The normalized spacial score (nSPS) is 18.3. The molecule has 4 aromatic carbocycles. The lowest BCUT2D eigenvalue weighted by atomic mass is 9.73. The Bertz CT molecular complexity index is 1320. The molecule has 2 heteroatoms. The monoisotopic (exact) mass is 376 g/mol. The Morgan fingerprint density at radius 1 is 0.759 bits per heavy atom. The third-order valence-corrected chi connectivity index (χ3v) is 5.99. The molecule has 0 spiro atoms. The van der Waals surface area contributed by atoms with Gasteiger partial charge in [-0.25, -0.2) is 0 Å². The van der Waals surface area contributed by atoms with Gasteiger partial charge in [0.15, 0.2) is 0 Å². The molecule has 0 heterocycles. The first-order valence-electron chi connectivity index (χ1n) is 10.1. The second-order valence-electron chi connectivity index (χ2n) is 7.94. The van der Waals surface area contributed by atoms with Gasteiger partial charge in [0, 0.05) is 16.8 Å². The van der Waals surface area contributed by atoms with Gasteiger partial charge in [-0.2, -0.15) is 0 Å². The molecule has 0 saturated carbocycles. The Kier molecular flexibility index (Phi) is 4.22. The van der Waals surface area contributed by atoms with Crippen LogP contribution in [0.1, 0.15) is 17.5 Å². The number of hydrogen-bond acceptors (Lipinski definition) is 2. The van der Waals surface area contributed by atoms with Gasteiger partial charge < -0.3 is 11.5 Å². The zero-order valence-electron chi connectivity index (χ0n) is 16.3. The standard InChI is InChI=1S/C27H24N2/c28-24-15-14-20-10-4-6-12-22(20)25(24)26-23-13-7-5-11-21(23)16-17-27(26,29)18-19-8-2-1-3-9-19/h1-16H,17-18,28-29H2. The maximum Gasteiger partial charge on any atom is 0.0498 e. The molecule has 142 valence electrons. The summed E-state index contributed by atoms with van der Waals surface area (Å²) >= 11 is 0. The fourth-order valence-corrected chi connectivity index (χ4v) is 4.64. The molecule has 29 heavy (non-hydrogen) atoms. The van der Waals surface area contributed by atoms with Gasteiger partial charge in [0.2, 0.25) is 0 Å². The smallest absolute Gasteiger partial charge is 0.0498 e. The van der Waals surface area contributed by atoms with Gasteiger partial charge in [-0.1, -0.05) is 91.0 Å². The van der Waals surface area contributed by atoms with E-state index in [4.69, 9.17) is 11.5 Å². The van der Waals surface area contributed by atoms with Crippen LogP contribution in [0.25, 0.3) is 22.4 Å². The van der Waals surface area contributed by atoms with Crippen LogP contribution in [0.3, 0.4) is 0 Å². The number of anilines is 1. The lowest BCUT2D eigenvalue weighted by molar-refractivity contribution is 0.556. The molecule has 2 nitrogen and oxygen atoms in total. The van der Waals surface area contributed by atoms with Crippen LogP contribution < -0.4 is 21.9 Å². The van der Waals surface area contributed by atoms with Crippen LogP contribution in [-0.2, 0) is 6.42 Å². The molecule has 4 N–H and O–H groups in total. The summed E-state index contributed by atoms with van der Waals surface area (Å²) in [7, 11) is 0. The minimum Gasteiger partial charge on any atom is -0.398 e. The molecule has 0 saturated heterocycles. The van der Waals surface area contributed by atoms with E-state index in [-0.39, 0.29) is 0 Å². The Morgan fingerprint density at radius 2 is 1.48 bits per heavy atom. The molecular formula is C27H24N2. The minimum atomic E-state index is -0.534. The van der Waals surface area contributed by atoms with Crippen molar-refractivity contribution in [2.75, 3.05) is 5.73 Å². The highest BCUT2D eigenvalue weighted by molar-refractivity contribution is 6.00. The van der Waals surface area contributed by atoms with Gasteiger partial charge in [0.1, 0.15) is 0 Å². The van der Waals surface area contributed by atoms with E-state index in [0.29, 0.717) is 0 Å². The lowest BCUT2D eigenvalue weighted by Crippen LogP contribution is -2.51. The van der Waals surface area contributed by atoms with E-state index in [1.807, 2.05) is 12.1 Å². The summed E-state index contributed by atoms with van der Waals surface area (Å²) in [5.41, 5.74) is 17.5. The molecule has 1 aliphatic rings. The summed E-state index contributed by atoms with van der Waals surface area (Å²) in [6, 6.07) is 31.5. The van der Waals surface area contributed by atoms with E-state index in [2.05, 4.69) is 84.9 Å². The van der Waals surface area contributed by atoms with E-state index in [1.54, 1.807) is 0 Å². The number of fused-ring (bicyclic) bond motifs is 2. The van der Waals surface area contributed by atoms with Crippen LogP contribution in [0, 0.1) is 0 Å². The molecule has 5 rings (SSSR count). The Balaban J connectivity index is 1.86. The second-order valence-corrected chi connectivity index (χ2v) is 7.94. The van der Waals surface area contributed by atoms with Gasteiger partial charge in [-0.05, 0) is 51.3 Å². The Hall–Kier alpha value is -3.36. The summed E-state index contributed by atoms with van der Waals surface area (Å²) < 4.78 is 0. The Morgan fingerprint density at radius 3 is 2.34 bits per heavy atom. The Labute approximate surface area is 170 Å². The molecule has 0 fully saturated rings. The van der Waals surface area contributed by atoms with Crippen molar-refractivity contribution < 1.29 is 0 Å². The van der Waals surface area contributed by atoms with Crippen molar-refractivity contribution in [3.63, 3.8) is 0 Å². The number of benzene rings is 4. The molecule has 1 atom stereocenters. The molecule has 0 bridgehead atoms. The SMILES string of the molecule is Nc1ccc2ccccc2c1C1=c2ccccc2=CCC1(N)Cc1ccccc1. The zero-order valence-corrected chi connectivity index (χ0v) is 16.3. The van der Waals surface area contributed by atoms with E-state index in [0.717, 1.165) is 35.1 Å². The fraction of sp³-hybridized carbons (Fsp3) is 0.111. The molecule has 1 aliphatic carbocycles. The second kappa shape index (κ2) is 6.91. The molecule has 0 amide bonds. The third-order valence-electron chi connectivity index (χ3n) is 5.99. The first-order chi connectivity index (χ1) is 14.2. The van der Waals surface area contributed by atoms with Crippen molar-refractivity contribution in [1.29, 1.82) is 0 Å². The van der Waals surface area contributed by atoms with Crippen LogP contribution in [0.4, 0.5) is 5.69 Å². The van der Waals surface area contributed by atoms with Gasteiger partial charge in [-0.15, -0.1) is 0 Å². The highest BCUT2D eigenvalue weighted by Gasteiger charge is 2.34. The lowest BCUT2D eigenvalue weighted by Gasteiger charge is -2.35. The quantitative estimate of drug-likeness (QED) is 0.535. The third kappa shape index (κ3) is 3.02. The highest BCUT2D eigenvalue weighted by atomic mass is 14.8. The summed E-state index contributed by atoms with van der Waals surface area (Å²) in [5, 5.41) is 4.74. The molecule has 4 aromatic rings. The molecule has 0 radical (unpaired) electrons. The van der Waals surface area contributed by atoms with E-state index >= 15 is 0 Å². The first-order valence-corrected chi connectivity index (χ1v) is 10.1. The van der Waals surface area contributed by atoms with Crippen molar-refractivity contribution in [3.05, 3.63) is 113 Å². The van der Waals surface area contributed by atoms with Crippen LogP contribution in [0.15, 0.2) is 91.0 Å². The van der Waals surface area contributed by atoms with Crippen molar-refractivity contribution in [2.24, 2.45) is 5.73 Å². The summed E-state index contributed by atoms with van der Waals surface area (Å²) in [5.74, 6) is 0. The van der Waals surface area contributed by atoms with Crippen LogP contribution in [-0.4, -0.2) is 5.54 Å². The average molecular weight is 377 g/mol. The van der Waals surface area contributed by atoms with Crippen molar-refractivity contribution in [2.45, 2.75) is 18.4 Å². The predicted molar refractivity (Wildman–Crippen MR) is 123 cm³/mol. The highest BCUT2D eigenvalue weighted by Crippen LogP contribution is 2.38.